The normalized spacial score (nSPS) is 54.3. The predicted octanol–water partition coefficient (Wildman–Crippen LogP) is 5.03. The Bertz CT molecular complexity index is 855. The Balaban J connectivity index is 1.72. The van der Waals surface area contributed by atoms with E-state index in [-0.39, 0.29) is 52.7 Å². The topological polar surface area (TPSA) is 46.2 Å². The van der Waals surface area contributed by atoms with Gasteiger partial charge < -0.3 is 5.32 Å². The second kappa shape index (κ2) is 6.33. The molecule has 1 N–H and O–H groups in total. The van der Waals surface area contributed by atoms with Crippen LogP contribution >= 0.6 is 0 Å². The van der Waals surface area contributed by atoms with E-state index in [1.165, 1.54) is 12.0 Å². The first kappa shape index (κ1) is 20.5. The molecule has 3 fully saturated rings. The van der Waals surface area contributed by atoms with Gasteiger partial charge in [-0.05, 0) is 60.7 Å². The van der Waals surface area contributed by atoms with Crippen LogP contribution in [0.25, 0.3) is 0 Å². The third kappa shape index (κ3) is 2.22. The Morgan fingerprint density at radius 2 is 1.77 bits per heavy atom. The van der Waals surface area contributed by atoms with Crippen molar-refractivity contribution in [2.75, 3.05) is 0 Å². The van der Waals surface area contributed by atoms with Crippen LogP contribution in [0, 0.1) is 64.1 Å². The van der Waals surface area contributed by atoms with Gasteiger partial charge in [-0.2, -0.15) is 0 Å². The van der Waals surface area contributed by atoms with Crippen molar-refractivity contribution < 1.29 is 9.59 Å². The summed E-state index contributed by atoms with van der Waals surface area (Å²) in [5, 5.41) is 3.33. The molecular formula is C27H39NO2. The van der Waals surface area contributed by atoms with Gasteiger partial charge in [-0.15, -0.1) is 0 Å². The van der Waals surface area contributed by atoms with Crippen LogP contribution in [0.4, 0.5) is 0 Å². The number of fused-ring (bicyclic) bond motifs is 4. The number of allylic oxidation sites excluding steroid dienone is 4. The molecule has 0 aromatic rings. The smallest absolute Gasteiger partial charge is 0.234 e. The van der Waals surface area contributed by atoms with Gasteiger partial charge in [0.2, 0.25) is 5.91 Å². The molecular weight excluding hydrogens is 370 g/mol. The number of carbonyl (C=O) groups is 2. The summed E-state index contributed by atoms with van der Waals surface area (Å²) in [4.78, 5) is 28.0. The summed E-state index contributed by atoms with van der Waals surface area (Å²) >= 11 is 0. The van der Waals surface area contributed by atoms with E-state index in [4.69, 9.17) is 0 Å². The number of hydrogen-bond acceptors (Lipinski definition) is 2. The zero-order chi connectivity index (χ0) is 21.7. The van der Waals surface area contributed by atoms with E-state index in [0.29, 0.717) is 23.7 Å². The summed E-state index contributed by atoms with van der Waals surface area (Å²) in [6.45, 7) is 16.1. The third-order valence-electron chi connectivity index (χ3n) is 10.2. The van der Waals surface area contributed by atoms with Gasteiger partial charge in [-0.1, -0.05) is 65.3 Å². The van der Waals surface area contributed by atoms with E-state index in [1.807, 2.05) is 0 Å². The molecule has 0 aromatic heterocycles. The van der Waals surface area contributed by atoms with Crippen LogP contribution in [0.2, 0.25) is 0 Å². The molecule has 2 saturated carbocycles. The maximum atomic E-state index is 14.2. The lowest BCUT2D eigenvalue weighted by atomic mass is 9.48. The molecule has 5 aliphatic rings. The van der Waals surface area contributed by atoms with Crippen molar-refractivity contribution in [2.24, 2.45) is 64.1 Å². The minimum absolute atomic E-state index is 0.0247. The van der Waals surface area contributed by atoms with Crippen molar-refractivity contribution in [3.05, 3.63) is 23.8 Å². The molecule has 3 heteroatoms. The third-order valence-corrected chi connectivity index (χ3v) is 10.2. The summed E-state index contributed by atoms with van der Waals surface area (Å²) < 4.78 is 0. The van der Waals surface area contributed by atoms with Gasteiger partial charge >= 0.3 is 0 Å². The standard InChI is InChI=1S/C27H39NO2/c1-13(2)23-21-17(6)15(4)11-20-22-18(24(29)27(20,21)25(30)28-23)8-9-19-16(5)10-14(3)12-26(19,22)7/h8-9,11,13-14,16-23H,10,12H2,1-7H3,(H,28,30). The van der Waals surface area contributed by atoms with Crippen molar-refractivity contribution >= 4 is 11.7 Å². The fourth-order valence-electron chi connectivity index (χ4n) is 9.23. The highest BCUT2D eigenvalue weighted by Gasteiger charge is 2.75. The number of Topliss-reactive ketones (excluding diaryl/α,β-unsaturated/α-hetero) is 1. The molecule has 30 heavy (non-hydrogen) atoms. The van der Waals surface area contributed by atoms with Gasteiger partial charge in [0.25, 0.3) is 0 Å². The molecule has 5 rings (SSSR count). The van der Waals surface area contributed by atoms with Crippen molar-refractivity contribution in [1.29, 1.82) is 0 Å². The lowest BCUT2D eigenvalue weighted by Crippen LogP contribution is -2.52. The van der Waals surface area contributed by atoms with Crippen LogP contribution in [0.3, 0.4) is 0 Å². The fraction of sp³-hybridized carbons (Fsp3) is 0.778. The van der Waals surface area contributed by atoms with Crippen LogP contribution in [0.1, 0.15) is 61.3 Å². The first-order chi connectivity index (χ1) is 14.0. The highest BCUT2D eigenvalue weighted by molar-refractivity contribution is 6.12. The number of hydrogen-bond donors (Lipinski definition) is 1. The molecule has 0 radical (unpaired) electrons. The van der Waals surface area contributed by atoms with Crippen molar-refractivity contribution in [2.45, 2.75) is 67.3 Å². The summed E-state index contributed by atoms with van der Waals surface area (Å²) in [6.07, 6.45) is 9.38. The molecule has 1 amide bonds. The maximum absolute atomic E-state index is 14.2. The lowest BCUT2D eigenvalue weighted by molar-refractivity contribution is -0.143. The number of amides is 1. The first-order valence-electron chi connectivity index (χ1n) is 12.3. The largest absolute Gasteiger partial charge is 0.352 e. The zero-order valence-corrected chi connectivity index (χ0v) is 19.7. The summed E-state index contributed by atoms with van der Waals surface area (Å²) in [5.41, 5.74) is 0.594. The number of ketones is 1. The minimum Gasteiger partial charge on any atom is -0.352 e. The molecule has 1 aliphatic heterocycles. The Labute approximate surface area is 182 Å². The Hall–Kier alpha value is -1.38. The molecule has 0 bridgehead atoms. The molecule has 4 aliphatic carbocycles. The highest BCUT2D eigenvalue weighted by atomic mass is 16.2. The zero-order valence-electron chi connectivity index (χ0n) is 19.7. The van der Waals surface area contributed by atoms with E-state index in [9.17, 15) is 9.59 Å². The Morgan fingerprint density at radius 1 is 1.07 bits per heavy atom. The number of nitrogens with one attached hydrogen (secondary N) is 1. The predicted molar refractivity (Wildman–Crippen MR) is 119 cm³/mol. The molecule has 164 valence electrons. The molecule has 0 aromatic carbocycles. The SMILES string of the molecule is CC1=CC2C3C(C=CC4C(C)CC(C)CC43C)C(=O)C23C(=O)NC(C(C)C)C3C1C. The monoisotopic (exact) mass is 409 g/mol. The Kier molecular flexibility index (Phi) is 4.33. The van der Waals surface area contributed by atoms with E-state index >= 15 is 0 Å². The van der Waals surface area contributed by atoms with E-state index in [2.05, 4.69) is 72.0 Å². The van der Waals surface area contributed by atoms with E-state index in [1.54, 1.807) is 0 Å². The van der Waals surface area contributed by atoms with Gasteiger partial charge in [-0.3, -0.25) is 9.59 Å². The summed E-state index contributed by atoms with van der Waals surface area (Å²) in [7, 11) is 0. The first-order valence-corrected chi connectivity index (χ1v) is 12.3. The second-order valence-corrected chi connectivity index (χ2v) is 12.2. The lowest BCUT2D eigenvalue weighted by Gasteiger charge is -2.55. The minimum atomic E-state index is -0.866. The van der Waals surface area contributed by atoms with Crippen LogP contribution in [-0.2, 0) is 9.59 Å². The summed E-state index contributed by atoms with van der Waals surface area (Å²) in [6, 6.07) is 0.0829. The van der Waals surface area contributed by atoms with E-state index < -0.39 is 5.41 Å². The van der Waals surface area contributed by atoms with Gasteiger partial charge in [-0.25, -0.2) is 0 Å². The molecule has 1 heterocycles. The average Bonchev–Trinajstić information content (AvgIpc) is 3.10. The van der Waals surface area contributed by atoms with Crippen molar-refractivity contribution in [1.82, 2.24) is 5.32 Å². The fourth-order valence-corrected chi connectivity index (χ4v) is 9.23. The maximum Gasteiger partial charge on any atom is 0.234 e. The van der Waals surface area contributed by atoms with Crippen molar-refractivity contribution in [3.8, 4) is 0 Å². The van der Waals surface area contributed by atoms with Crippen LogP contribution < -0.4 is 5.32 Å². The van der Waals surface area contributed by atoms with Gasteiger partial charge in [0, 0.05) is 23.8 Å². The number of carbonyl (C=O) groups excluding carboxylic acids is 2. The average molecular weight is 410 g/mol. The molecule has 1 saturated heterocycles. The van der Waals surface area contributed by atoms with Crippen LogP contribution in [0.15, 0.2) is 23.8 Å². The van der Waals surface area contributed by atoms with Crippen LogP contribution in [0.5, 0.6) is 0 Å². The van der Waals surface area contributed by atoms with Gasteiger partial charge in [0.1, 0.15) is 5.41 Å². The van der Waals surface area contributed by atoms with Crippen LogP contribution in [-0.4, -0.2) is 17.7 Å². The second-order valence-electron chi connectivity index (χ2n) is 12.2. The molecule has 3 nitrogen and oxygen atoms in total. The van der Waals surface area contributed by atoms with Gasteiger partial charge in [0.15, 0.2) is 5.78 Å². The highest BCUT2D eigenvalue weighted by Crippen LogP contribution is 2.69. The van der Waals surface area contributed by atoms with Gasteiger partial charge in [0.05, 0.1) is 0 Å². The molecule has 11 unspecified atom stereocenters. The Morgan fingerprint density at radius 3 is 2.43 bits per heavy atom. The van der Waals surface area contributed by atoms with Crippen molar-refractivity contribution in [3.63, 3.8) is 0 Å². The summed E-state index contributed by atoms with van der Waals surface area (Å²) in [5.74, 6) is 2.89. The molecule has 1 spiro atoms. The molecule has 11 atom stereocenters. The van der Waals surface area contributed by atoms with E-state index in [0.717, 1.165) is 6.42 Å². The number of rotatable bonds is 1. The quantitative estimate of drug-likeness (QED) is 0.488.